The lowest BCUT2D eigenvalue weighted by Crippen LogP contribution is -2.36. The third-order valence-corrected chi connectivity index (χ3v) is 2.79. The molecule has 4 nitrogen and oxygen atoms in total. The van der Waals surface area contributed by atoms with Crippen LogP contribution in [0.25, 0.3) is 0 Å². The first-order chi connectivity index (χ1) is 8.12. The third-order valence-electron chi connectivity index (χ3n) is 2.55. The highest BCUT2D eigenvalue weighted by Crippen LogP contribution is 2.24. The minimum Gasteiger partial charge on any atom is -0.392 e. The molecule has 0 fully saturated rings. The maximum atomic E-state index is 11.4. The zero-order chi connectivity index (χ0) is 12.8. The zero-order valence-electron chi connectivity index (χ0n) is 10.0. The standard InChI is InChI=1S/C12H17ClN2O2/c1-3-15(7-12(17)14-2)11-6-10(13)5-4-9(11)8-16/h4-6,16H,3,7-8H2,1-2H3,(H,14,17). The topological polar surface area (TPSA) is 52.6 Å². The van der Waals surface area contributed by atoms with E-state index in [9.17, 15) is 9.90 Å². The molecule has 0 aliphatic heterocycles. The second-order valence-electron chi connectivity index (χ2n) is 3.62. The van der Waals surface area contributed by atoms with Crippen LogP contribution in [-0.4, -0.2) is 31.2 Å². The fourth-order valence-corrected chi connectivity index (χ4v) is 1.75. The van der Waals surface area contributed by atoms with Crippen LogP contribution < -0.4 is 10.2 Å². The molecule has 0 saturated heterocycles. The lowest BCUT2D eigenvalue weighted by Gasteiger charge is -2.24. The minimum absolute atomic E-state index is 0.0727. The Morgan fingerprint density at radius 1 is 1.53 bits per heavy atom. The smallest absolute Gasteiger partial charge is 0.239 e. The number of aliphatic hydroxyl groups excluding tert-OH is 1. The molecule has 0 aromatic heterocycles. The van der Waals surface area contributed by atoms with E-state index in [0.717, 1.165) is 11.3 Å². The van der Waals surface area contributed by atoms with Crippen molar-refractivity contribution in [3.63, 3.8) is 0 Å². The first kappa shape index (κ1) is 13.8. The highest BCUT2D eigenvalue weighted by Gasteiger charge is 2.12. The third kappa shape index (κ3) is 3.61. The van der Waals surface area contributed by atoms with Crippen LogP contribution in [0.15, 0.2) is 18.2 Å². The zero-order valence-corrected chi connectivity index (χ0v) is 10.8. The van der Waals surface area contributed by atoms with Crippen molar-refractivity contribution in [2.75, 3.05) is 25.0 Å². The molecule has 0 unspecified atom stereocenters. The van der Waals surface area contributed by atoms with Gasteiger partial charge in [0, 0.05) is 29.9 Å². The second kappa shape index (κ2) is 6.47. The predicted molar refractivity (Wildman–Crippen MR) is 69.3 cm³/mol. The summed E-state index contributed by atoms with van der Waals surface area (Å²) in [6.07, 6.45) is 0. The van der Waals surface area contributed by atoms with Gasteiger partial charge in [-0.3, -0.25) is 4.79 Å². The van der Waals surface area contributed by atoms with Crippen LogP contribution in [0.3, 0.4) is 0 Å². The molecule has 0 heterocycles. The average molecular weight is 257 g/mol. The molecule has 0 aliphatic carbocycles. The SMILES string of the molecule is CCN(CC(=O)NC)c1cc(Cl)ccc1CO. The van der Waals surface area contributed by atoms with Gasteiger partial charge in [0.25, 0.3) is 0 Å². The number of likely N-dealkylation sites (N-methyl/N-ethyl adjacent to an activating group) is 2. The maximum Gasteiger partial charge on any atom is 0.239 e. The van der Waals surface area contributed by atoms with Gasteiger partial charge in [-0.15, -0.1) is 0 Å². The van der Waals surface area contributed by atoms with Crippen LogP contribution in [0, 0.1) is 0 Å². The van der Waals surface area contributed by atoms with Crippen molar-refractivity contribution in [2.24, 2.45) is 0 Å². The van der Waals surface area contributed by atoms with Crippen molar-refractivity contribution in [3.8, 4) is 0 Å². The van der Waals surface area contributed by atoms with Gasteiger partial charge in [-0.25, -0.2) is 0 Å². The monoisotopic (exact) mass is 256 g/mol. The van der Waals surface area contributed by atoms with E-state index in [1.807, 2.05) is 11.8 Å². The summed E-state index contributed by atoms with van der Waals surface area (Å²) in [5.41, 5.74) is 1.56. The molecule has 0 radical (unpaired) electrons. The van der Waals surface area contributed by atoms with Crippen molar-refractivity contribution >= 4 is 23.2 Å². The summed E-state index contributed by atoms with van der Waals surface area (Å²) in [5.74, 6) is -0.0734. The number of nitrogens with one attached hydrogen (secondary N) is 1. The van der Waals surface area contributed by atoms with Gasteiger partial charge in [0.05, 0.1) is 13.2 Å². The number of anilines is 1. The molecule has 0 bridgehead atoms. The summed E-state index contributed by atoms with van der Waals surface area (Å²) in [6.45, 7) is 2.79. The maximum absolute atomic E-state index is 11.4. The summed E-state index contributed by atoms with van der Waals surface area (Å²) in [4.78, 5) is 13.3. The summed E-state index contributed by atoms with van der Waals surface area (Å²) < 4.78 is 0. The average Bonchev–Trinajstić information content (AvgIpc) is 2.35. The van der Waals surface area contributed by atoms with E-state index in [2.05, 4.69) is 5.32 Å². The molecule has 94 valence electrons. The lowest BCUT2D eigenvalue weighted by atomic mass is 10.1. The van der Waals surface area contributed by atoms with Crippen LogP contribution in [0.4, 0.5) is 5.69 Å². The van der Waals surface area contributed by atoms with Gasteiger partial charge in [-0.1, -0.05) is 17.7 Å². The number of benzene rings is 1. The van der Waals surface area contributed by atoms with E-state index in [1.54, 1.807) is 25.2 Å². The normalized spacial score (nSPS) is 10.1. The summed E-state index contributed by atoms with van der Waals surface area (Å²) in [5, 5.41) is 12.4. The molecule has 0 saturated carbocycles. The van der Waals surface area contributed by atoms with Crippen molar-refractivity contribution in [2.45, 2.75) is 13.5 Å². The van der Waals surface area contributed by atoms with E-state index in [-0.39, 0.29) is 19.1 Å². The molecule has 0 aliphatic rings. The number of nitrogens with zero attached hydrogens (tertiary/aromatic N) is 1. The molecule has 17 heavy (non-hydrogen) atoms. The van der Waals surface area contributed by atoms with Gasteiger partial charge in [0.1, 0.15) is 0 Å². The largest absolute Gasteiger partial charge is 0.392 e. The van der Waals surface area contributed by atoms with Gasteiger partial charge in [0.2, 0.25) is 5.91 Å². The van der Waals surface area contributed by atoms with Crippen LogP contribution in [0.5, 0.6) is 0 Å². The Kier molecular flexibility index (Phi) is 5.25. The van der Waals surface area contributed by atoms with Gasteiger partial charge < -0.3 is 15.3 Å². The number of amides is 1. The number of hydrogen-bond donors (Lipinski definition) is 2. The molecule has 2 N–H and O–H groups in total. The molecule has 0 atom stereocenters. The Labute approximate surface area is 106 Å². The Morgan fingerprint density at radius 2 is 2.24 bits per heavy atom. The number of rotatable bonds is 5. The second-order valence-corrected chi connectivity index (χ2v) is 4.05. The van der Waals surface area contributed by atoms with Crippen LogP contribution in [-0.2, 0) is 11.4 Å². The van der Waals surface area contributed by atoms with E-state index in [1.165, 1.54) is 0 Å². The van der Waals surface area contributed by atoms with Crippen molar-refractivity contribution in [1.82, 2.24) is 5.32 Å². The highest BCUT2D eigenvalue weighted by atomic mass is 35.5. The summed E-state index contributed by atoms with van der Waals surface area (Å²) in [6, 6.07) is 5.26. The Bertz CT molecular complexity index is 396. The van der Waals surface area contributed by atoms with Crippen molar-refractivity contribution in [3.05, 3.63) is 28.8 Å². The number of aliphatic hydroxyl groups is 1. The van der Waals surface area contributed by atoms with E-state index in [0.29, 0.717) is 11.6 Å². The van der Waals surface area contributed by atoms with E-state index >= 15 is 0 Å². The Balaban J connectivity index is 3.01. The van der Waals surface area contributed by atoms with Gasteiger partial charge >= 0.3 is 0 Å². The molecule has 1 amide bonds. The molecule has 1 aromatic carbocycles. The van der Waals surface area contributed by atoms with Gasteiger partial charge in [-0.05, 0) is 19.1 Å². The molecule has 0 spiro atoms. The predicted octanol–water partition coefficient (Wildman–Crippen LogP) is 1.40. The Hall–Kier alpha value is -1.26. The van der Waals surface area contributed by atoms with Gasteiger partial charge in [-0.2, -0.15) is 0 Å². The Morgan fingerprint density at radius 3 is 2.76 bits per heavy atom. The lowest BCUT2D eigenvalue weighted by molar-refractivity contribution is -0.119. The number of halogens is 1. The van der Waals surface area contributed by atoms with Crippen LogP contribution >= 0.6 is 11.6 Å². The summed E-state index contributed by atoms with van der Waals surface area (Å²) in [7, 11) is 1.60. The molecule has 1 aromatic rings. The van der Waals surface area contributed by atoms with E-state index < -0.39 is 0 Å². The fourth-order valence-electron chi connectivity index (χ4n) is 1.58. The van der Waals surface area contributed by atoms with Crippen molar-refractivity contribution < 1.29 is 9.90 Å². The number of carbonyl (C=O) groups is 1. The van der Waals surface area contributed by atoms with Gasteiger partial charge in [0.15, 0.2) is 0 Å². The first-order valence-electron chi connectivity index (χ1n) is 5.47. The highest BCUT2D eigenvalue weighted by molar-refractivity contribution is 6.30. The molecule has 1 rings (SSSR count). The minimum atomic E-state index is -0.0734. The fraction of sp³-hybridized carbons (Fsp3) is 0.417. The van der Waals surface area contributed by atoms with Crippen molar-refractivity contribution in [1.29, 1.82) is 0 Å². The van der Waals surface area contributed by atoms with Crippen LogP contribution in [0.1, 0.15) is 12.5 Å². The number of carbonyl (C=O) groups excluding carboxylic acids is 1. The van der Waals surface area contributed by atoms with Crippen LogP contribution in [0.2, 0.25) is 5.02 Å². The van der Waals surface area contributed by atoms with E-state index in [4.69, 9.17) is 11.6 Å². The first-order valence-corrected chi connectivity index (χ1v) is 5.85. The molecular formula is C12H17ClN2O2. The molecule has 5 heteroatoms. The summed E-state index contributed by atoms with van der Waals surface area (Å²) >= 11 is 5.94. The number of hydrogen-bond acceptors (Lipinski definition) is 3. The molecular weight excluding hydrogens is 240 g/mol. The quantitative estimate of drug-likeness (QED) is 0.838.